The Balaban J connectivity index is 2.20. The molecule has 0 atom stereocenters. The molecule has 1 aromatic heterocycles. The molecule has 0 saturated carbocycles. The highest BCUT2D eigenvalue weighted by atomic mass is 19.4. The highest BCUT2D eigenvalue weighted by molar-refractivity contribution is 5.91. The predicted octanol–water partition coefficient (Wildman–Crippen LogP) is 4.72. The van der Waals surface area contributed by atoms with Crippen LogP contribution in [0.4, 0.5) is 24.7 Å². The van der Waals surface area contributed by atoms with E-state index < -0.39 is 12.0 Å². The lowest BCUT2D eigenvalue weighted by atomic mass is 10.2. The van der Waals surface area contributed by atoms with Crippen molar-refractivity contribution in [1.29, 1.82) is 0 Å². The summed E-state index contributed by atoms with van der Waals surface area (Å²) in [5.41, 5.74) is 2.10. The highest BCUT2D eigenvalue weighted by Crippen LogP contribution is 2.33. The Hall–Kier alpha value is -2.63. The first-order valence-electron chi connectivity index (χ1n) is 7.00. The fourth-order valence-electron chi connectivity index (χ4n) is 2.33. The van der Waals surface area contributed by atoms with E-state index in [2.05, 4.69) is 9.97 Å². The Morgan fingerprint density at radius 2 is 1.57 bits per heavy atom. The van der Waals surface area contributed by atoms with Gasteiger partial charge in [-0.15, -0.1) is 0 Å². The number of anilines is 2. The molecule has 3 nitrogen and oxygen atoms in total. The zero-order valence-electron chi connectivity index (χ0n) is 12.6. The number of para-hydroxylation sites is 1. The molecule has 0 N–H and O–H groups in total. The molecule has 2 aromatic carbocycles. The average molecular weight is 317 g/mol. The van der Waals surface area contributed by atoms with E-state index in [-0.39, 0.29) is 11.3 Å². The van der Waals surface area contributed by atoms with Crippen molar-refractivity contribution in [2.75, 3.05) is 11.9 Å². The van der Waals surface area contributed by atoms with E-state index in [1.165, 1.54) is 0 Å². The average Bonchev–Trinajstić information content (AvgIpc) is 2.53. The van der Waals surface area contributed by atoms with Crippen molar-refractivity contribution in [2.45, 2.75) is 13.1 Å². The maximum Gasteiger partial charge on any atom is 0.451 e. The van der Waals surface area contributed by atoms with E-state index in [9.17, 15) is 13.2 Å². The molecule has 3 aromatic rings. The van der Waals surface area contributed by atoms with Crippen LogP contribution in [0.1, 0.15) is 11.4 Å². The SMILES string of the molecule is Cc1ccc(N(C)c2nc(C(F)(F)F)nc3ccccc23)cc1. The minimum absolute atomic E-state index is 0.228. The minimum Gasteiger partial charge on any atom is -0.329 e. The maximum absolute atomic E-state index is 13.1. The third-order valence-electron chi connectivity index (χ3n) is 3.58. The van der Waals surface area contributed by atoms with E-state index in [0.717, 1.165) is 11.3 Å². The number of alkyl halides is 3. The Labute approximate surface area is 131 Å². The van der Waals surface area contributed by atoms with Crippen molar-refractivity contribution in [3.05, 3.63) is 59.9 Å². The molecule has 6 heteroatoms. The summed E-state index contributed by atoms with van der Waals surface area (Å²) in [5, 5.41) is 0.573. The van der Waals surface area contributed by atoms with Crippen LogP contribution in [-0.2, 0) is 6.18 Å². The summed E-state index contributed by atoms with van der Waals surface area (Å²) in [7, 11) is 1.69. The zero-order valence-corrected chi connectivity index (χ0v) is 12.6. The molecule has 118 valence electrons. The summed E-state index contributed by atoms with van der Waals surface area (Å²) in [6.45, 7) is 1.95. The van der Waals surface area contributed by atoms with Crippen LogP contribution in [0.25, 0.3) is 10.9 Å². The number of rotatable bonds is 2. The van der Waals surface area contributed by atoms with Crippen LogP contribution in [0.2, 0.25) is 0 Å². The predicted molar refractivity (Wildman–Crippen MR) is 83.8 cm³/mol. The van der Waals surface area contributed by atoms with Gasteiger partial charge in [0.25, 0.3) is 0 Å². The van der Waals surface area contributed by atoms with Crippen LogP contribution >= 0.6 is 0 Å². The number of aryl methyl sites for hydroxylation is 1. The second kappa shape index (κ2) is 5.53. The quantitative estimate of drug-likeness (QED) is 0.684. The van der Waals surface area contributed by atoms with Gasteiger partial charge in [-0.1, -0.05) is 29.8 Å². The summed E-state index contributed by atoms with van der Waals surface area (Å²) in [6, 6.07) is 14.2. The van der Waals surface area contributed by atoms with Gasteiger partial charge in [-0.3, -0.25) is 0 Å². The monoisotopic (exact) mass is 317 g/mol. The summed E-state index contributed by atoms with van der Waals surface area (Å²) in [6.07, 6.45) is -4.59. The molecule has 0 fully saturated rings. The van der Waals surface area contributed by atoms with Gasteiger partial charge in [-0.05, 0) is 31.2 Å². The van der Waals surface area contributed by atoms with Crippen molar-refractivity contribution < 1.29 is 13.2 Å². The van der Waals surface area contributed by atoms with E-state index >= 15 is 0 Å². The number of halogens is 3. The largest absolute Gasteiger partial charge is 0.451 e. The lowest BCUT2D eigenvalue weighted by molar-refractivity contribution is -0.144. The third kappa shape index (κ3) is 2.97. The number of hydrogen-bond donors (Lipinski definition) is 0. The minimum atomic E-state index is -4.59. The summed E-state index contributed by atoms with van der Waals surface area (Å²) in [5.74, 6) is -0.906. The fourth-order valence-corrected chi connectivity index (χ4v) is 2.33. The molecule has 0 spiro atoms. The molecule has 0 amide bonds. The Morgan fingerprint density at radius 1 is 0.913 bits per heavy atom. The lowest BCUT2D eigenvalue weighted by Crippen LogP contribution is -2.17. The van der Waals surface area contributed by atoms with Gasteiger partial charge >= 0.3 is 6.18 Å². The van der Waals surface area contributed by atoms with Crippen molar-refractivity contribution in [1.82, 2.24) is 9.97 Å². The number of hydrogen-bond acceptors (Lipinski definition) is 3. The molecule has 0 saturated heterocycles. The molecular weight excluding hydrogens is 303 g/mol. The molecule has 1 heterocycles. The molecular formula is C17H14F3N3. The van der Waals surface area contributed by atoms with Gasteiger partial charge in [0.2, 0.25) is 5.82 Å². The Bertz CT molecular complexity index is 842. The van der Waals surface area contributed by atoms with E-state index in [1.54, 1.807) is 36.2 Å². The molecule has 0 radical (unpaired) electrons. The normalized spacial score (nSPS) is 11.7. The Kier molecular flexibility index (Phi) is 3.67. The van der Waals surface area contributed by atoms with Gasteiger partial charge in [-0.25, -0.2) is 9.97 Å². The van der Waals surface area contributed by atoms with Gasteiger partial charge in [0.1, 0.15) is 5.82 Å². The van der Waals surface area contributed by atoms with Crippen LogP contribution < -0.4 is 4.90 Å². The third-order valence-corrected chi connectivity index (χ3v) is 3.58. The van der Waals surface area contributed by atoms with Crippen molar-refractivity contribution in [3.8, 4) is 0 Å². The standard InChI is InChI=1S/C17H14F3N3/c1-11-7-9-12(10-8-11)23(2)15-13-5-3-4-6-14(13)21-16(22-15)17(18,19)20/h3-10H,1-2H3. The van der Waals surface area contributed by atoms with E-state index in [1.807, 2.05) is 31.2 Å². The van der Waals surface area contributed by atoms with Gasteiger partial charge in [-0.2, -0.15) is 13.2 Å². The number of benzene rings is 2. The molecule has 3 rings (SSSR count). The second-order valence-corrected chi connectivity index (χ2v) is 5.28. The second-order valence-electron chi connectivity index (χ2n) is 5.28. The van der Waals surface area contributed by atoms with Crippen molar-refractivity contribution in [2.24, 2.45) is 0 Å². The first-order valence-corrected chi connectivity index (χ1v) is 7.00. The first kappa shape index (κ1) is 15.3. The molecule has 0 bridgehead atoms. The molecule has 23 heavy (non-hydrogen) atoms. The van der Waals surface area contributed by atoms with Crippen LogP contribution in [0.15, 0.2) is 48.5 Å². The first-order chi connectivity index (χ1) is 10.9. The summed E-state index contributed by atoms with van der Waals surface area (Å²) < 4.78 is 39.2. The van der Waals surface area contributed by atoms with Gasteiger partial charge in [0.15, 0.2) is 0 Å². The van der Waals surface area contributed by atoms with Crippen LogP contribution in [-0.4, -0.2) is 17.0 Å². The zero-order chi connectivity index (χ0) is 16.6. The Morgan fingerprint density at radius 3 is 2.22 bits per heavy atom. The lowest BCUT2D eigenvalue weighted by Gasteiger charge is -2.21. The molecule has 0 aliphatic heterocycles. The van der Waals surface area contributed by atoms with Crippen LogP contribution in [0, 0.1) is 6.92 Å². The van der Waals surface area contributed by atoms with Gasteiger partial charge in [0.05, 0.1) is 5.52 Å². The summed E-state index contributed by atoms with van der Waals surface area (Å²) in [4.78, 5) is 9.03. The van der Waals surface area contributed by atoms with Crippen molar-refractivity contribution in [3.63, 3.8) is 0 Å². The number of fused-ring (bicyclic) bond motifs is 1. The van der Waals surface area contributed by atoms with Crippen molar-refractivity contribution >= 4 is 22.4 Å². The number of nitrogens with zero attached hydrogens (tertiary/aromatic N) is 3. The summed E-state index contributed by atoms with van der Waals surface area (Å²) >= 11 is 0. The molecule has 0 aliphatic rings. The topological polar surface area (TPSA) is 29.0 Å². The van der Waals surface area contributed by atoms with Crippen LogP contribution in [0.3, 0.4) is 0 Å². The van der Waals surface area contributed by atoms with Gasteiger partial charge in [0, 0.05) is 18.1 Å². The van der Waals surface area contributed by atoms with Crippen LogP contribution in [0.5, 0.6) is 0 Å². The highest BCUT2D eigenvalue weighted by Gasteiger charge is 2.36. The molecule has 0 unspecified atom stereocenters. The van der Waals surface area contributed by atoms with E-state index in [4.69, 9.17) is 0 Å². The smallest absolute Gasteiger partial charge is 0.329 e. The van der Waals surface area contributed by atoms with Gasteiger partial charge < -0.3 is 4.90 Å². The fraction of sp³-hybridized carbons (Fsp3) is 0.176. The molecule has 0 aliphatic carbocycles. The maximum atomic E-state index is 13.1. The number of aromatic nitrogens is 2. The van der Waals surface area contributed by atoms with E-state index in [0.29, 0.717) is 5.39 Å².